The van der Waals surface area contributed by atoms with Gasteiger partial charge in [0.15, 0.2) is 18.9 Å². The molecule has 19 N–H and O–H groups in total. The molecule has 3 aliphatic heterocycles. The molecule has 0 unspecified atom stereocenters. The van der Waals surface area contributed by atoms with Crippen LogP contribution in [0.2, 0.25) is 0 Å². The number of nitrogens with two attached hydrogens (primary N) is 4. The molecular weight excluding hydrogens is 1030 g/mol. The van der Waals surface area contributed by atoms with Crippen LogP contribution >= 0.6 is 0 Å². The Morgan fingerprint density at radius 2 is 1.18 bits per heavy atom. The zero-order valence-corrected chi connectivity index (χ0v) is 44.1. The maximum atomic E-state index is 13.9. The summed E-state index contributed by atoms with van der Waals surface area (Å²) < 4.78 is 50.6. The van der Waals surface area contributed by atoms with E-state index in [0.717, 1.165) is 24.0 Å². The van der Waals surface area contributed by atoms with Crippen LogP contribution < -0.4 is 44.2 Å². The molecule has 0 bridgehead atoms. The number of aryl methyl sites for hydroxylation is 1. The lowest BCUT2D eigenvalue weighted by atomic mass is 9.83. The molecule has 440 valence electrons. The van der Waals surface area contributed by atoms with E-state index < -0.39 is 141 Å². The average molecular weight is 1120 g/mol. The van der Waals surface area contributed by atoms with Crippen LogP contribution in [0, 0.1) is 0 Å². The Morgan fingerprint density at radius 1 is 0.608 bits per heavy atom. The van der Waals surface area contributed by atoms with Gasteiger partial charge in [-0.2, -0.15) is 0 Å². The van der Waals surface area contributed by atoms with Crippen molar-refractivity contribution >= 4 is 12.0 Å². The molecule has 0 radical (unpaired) electrons. The van der Waals surface area contributed by atoms with E-state index in [1.165, 1.54) is 0 Å². The number of benzene rings is 3. The second-order valence-electron chi connectivity index (χ2n) is 20.3. The minimum atomic E-state index is -1.77. The zero-order valence-electron chi connectivity index (χ0n) is 44.1. The fourth-order valence-corrected chi connectivity index (χ4v) is 10.1. The summed E-state index contributed by atoms with van der Waals surface area (Å²) in [6.45, 7) is 0.289. The number of rotatable bonds is 28. The van der Waals surface area contributed by atoms with Crippen molar-refractivity contribution in [3.05, 3.63) is 108 Å². The molecule has 4 aliphatic rings. The van der Waals surface area contributed by atoms with Crippen molar-refractivity contribution in [1.29, 1.82) is 0 Å². The summed E-state index contributed by atoms with van der Waals surface area (Å²) >= 11 is 0. The van der Waals surface area contributed by atoms with Gasteiger partial charge in [-0.05, 0) is 68.4 Å². The SMILES string of the molecule is NCC[C@H](O)C(=O)N[C@@H]1C[C@H](NC(=O)OCc2ccccc2)[C@@H](O[C@H]2O[C@H](CNCCCc3ccccc3)[C@@H](O)[C@H](O)[C@H]2N)[C@H](O[C@@H]2O[C@H](CO)[C@@H](O[C@H]3O[C@@H](CN)[C@@H](O)[C@H](O)[C@H]3N)[C@H]2OCCNCCc2ccccc2)[C@H]1O. The van der Waals surface area contributed by atoms with Gasteiger partial charge in [0.2, 0.25) is 5.91 Å². The molecule has 0 aromatic heterocycles. The van der Waals surface area contributed by atoms with E-state index in [1.807, 2.05) is 60.7 Å². The molecule has 3 saturated heterocycles. The molecule has 3 aromatic carbocycles. The Labute approximate surface area is 459 Å². The van der Waals surface area contributed by atoms with Crippen LogP contribution in [-0.4, -0.2) is 223 Å². The summed E-state index contributed by atoms with van der Waals surface area (Å²) in [6, 6.07) is 23.2. The van der Waals surface area contributed by atoms with Gasteiger partial charge in [0.1, 0.15) is 86.0 Å². The lowest BCUT2D eigenvalue weighted by Crippen LogP contribution is -2.70. The fourth-order valence-electron chi connectivity index (χ4n) is 10.1. The summed E-state index contributed by atoms with van der Waals surface area (Å²) in [7, 11) is 0. The molecule has 4 fully saturated rings. The molecule has 79 heavy (non-hydrogen) atoms. The Bertz CT molecular complexity index is 2240. The number of alkyl carbamates (subject to hydrolysis) is 1. The van der Waals surface area contributed by atoms with Crippen molar-refractivity contribution in [2.75, 3.05) is 52.5 Å². The molecule has 25 heteroatoms. The van der Waals surface area contributed by atoms with E-state index in [1.54, 1.807) is 30.3 Å². The molecule has 3 aromatic rings. The average Bonchev–Trinajstić information content (AvgIpc) is 3.83. The fraction of sp³-hybridized carbons (Fsp3) is 0.630. The molecule has 0 spiro atoms. The van der Waals surface area contributed by atoms with Gasteiger partial charge in [-0.3, -0.25) is 4.79 Å². The van der Waals surface area contributed by atoms with E-state index in [2.05, 4.69) is 21.3 Å². The van der Waals surface area contributed by atoms with Crippen LogP contribution in [0.1, 0.15) is 36.0 Å². The molecule has 20 atom stereocenters. The van der Waals surface area contributed by atoms with Crippen LogP contribution in [0.3, 0.4) is 0 Å². The molecule has 1 aliphatic carbocycles. The van der Waals surface area contributed by atoms with Crippen LogP contribution in [-0.2, 0) is 62.1 Å². The minimum absolute atomic E-state index is 0.0139. The maximum absolute atomic E-state index is 13.9. The van der Waals surface area contributed by atoms with E-state index in [-0.39, 0.29) is 52.2 Å². The summed E-state index contributed by atoms with van der Waals surface area (Å²) in [4.78, 5) is 27.4. The van der Waals surface area contributed by atoms with Gasteiger partial charge >= 0.3 is 6.09 Å². The Kier molecular flexibility index (Phi) is 24.5. The van der Waals surface area contributed by atoms with Crippen molar-refractivity contribution in [2.45, 2.75) is 161 Å². The van der Waals surface area contributed by atoms with Crippen molar-refractivity contribution in [3.63, 3.8) is 0 Å². The number of carbonyl (C=O) groups excluding carboxylic acids is 2. The third-order valence-electron chi connectivity index (χ3n) is 14.6. The Balaban J connectivity index is 1.19. The molecular formula is C54H82N8O17. The third kappa shape index (κ3) is 17.1. The second kappa shape index (κ2) is 31.1. The zero-order chi connectivity index (χ0) is 56.4. The predicted octanol–water partition coefficient (Wildman–Crippen LogP) is -3.94. The van der Waals surface area contributed by atoms with Crippen LogP contribution in [0.4, 0.5) is 4.79 Å². The Morgan fingerprint density at radius 3 is 1.80 bits per heavy atom. The summed E-state index contributed by atoms with van der Waals surface area (Å²) in [5, 5.41) is 90.5. The van der Waals surface area contributed by atoms with Crippen molar-refractivity contribution in [1.82, 2.24) is 21.3 Å². The number of aliphatic hydroxyl groups excluding tert-OH is 7. The number of nitrogens with one attached hydrogen (secondary N) is 4. The number of amides is 2. The van der Waals surface area contributed by atoms with Crippen molar-refractivity contribution in [3.8, 4) is 0 Å². The number of ether oxygens (including phenoxy) is 8. The first-order valence-corrected chi connectivity index (χ1v) is 27.1. The van der Waals surface area contributed by atoms with Gasteiger partial charge < -0.3 is 118 Å². The first-order chi connectivity index (χ1) is 38.2. The van der Waals surface area contributed by atoms with Crippen LogP contribution in [0.5, 0.6) is 0 Å². The number of aliphatic hydroxyl groups is 7. The minimum Gasteiger partial charge on any atom is -0.445 e. The van der Waals surface area contributed by atoms with E-state index in [4.69, 9.17) is 60.8 Å². The van der Waals surface area contributed by atoms with Crippen molar-refractivity contribution in [2.24, 2.45) is 22.9 Å². The van der Waals surface area contributed by atoms with Gasteiger partial charge in [-0.1, -0.05) is 91.0 Å². The van der Waals surface area contributed by atoms with Gasteiger partial charge in [-0.25, -0.2) is 4.79 Å². The lowest BCUT2D eigenvalue weighted by molar-refractivity contribution is -0.310. The molecule has 7 rings (SSSR count). The largest absolute Gasteiger partial charge is 0.445 e. The van der Waals surface area contributed by atoms with E-state index in [0.29, 0.717) is 25.1 Å². The highest BCUT2D eigenvalue weighted by Crippen LogP contribution is 2.36. The smallest absolute Gasteiger partial charge is 0.407 e. The number of hydrogen-bond donors (Lipinski definition) is 15. The molecule has 2 amide bonds. The topological polar surface area (TPSA) is 402 Å². The second-order valence-corrected chi connectivity index (χ2v) is 20.3. The summed E-state index contributed by atoms with van der Waals surface area (Å²) in [6.07, 6.45) is -22.5. The lowest BCUT2D eigenvalue weighted by Gasteiger charge is -2.48. The molecule has 1 saturated carbocycles. The maximum Gasteiger partial charge on any atom is 0.407 e. The van der Waals surface area contributed by atoms with Crippen LogP contribution in [0.15, 0.2) is 91.0 Å². The van der Waals surface area contributed by atoms with Gasteiger partial charge in [-0.15, -0.1) is 0 Å². The number of hydrogen-bond acceptors (Lipinski definition) is 23. The van der Waals surface area contributed by atoms with Gasteiger partial charge in [0.05, 0.1) is 37.4 Å². The van der Waals surface area contributed by atoms with Gasteiger partial charge in [0, 0.05) is 19.6 Å². The third-order valence-corrected chi connectivity index (χ3v) is 14.6. The van der Waals surface area contributed by atoms with E-state index in [9.17, 15) is 45.3 Å². The van der Waals surface area contributed by atoms with Crippen molar-refractivity contribution < 1.29 is 83.2 Å². The van der Waals surface area contributed by atoms with Gasteiger partial charge in [0.25, 0.3) is 0 Å². The first-order valence-electron chi connectivity index (χ1n) is 27.1. The molecule has 25 nitrogen and oxygen atoms in total. The normalized spacial score (nSPS) is 34.2. The summed E-state index contributed by atoms with van der Waals surface area (Å²) in [5.41, 5.74) is 27.4. The Hall–Kier alpha value is -4.40. The highest BCUT2D eigenvalue weighted by molar-refractivity contribution is 5.80. The number of carbonyl (C=O) groups is 2. The monoisotopic (exact) mass is 1110 g/mol. The highest BCUT2D eigenvalue weighted by Gasteiger charge is 2.56. The predicted molar refractivity (Wildman–Crippen MR) is 283 cm³/mol. The van der Waals surface area contributed by atoms with Crippen LogP contribution in [0.25, 0.3) is 0 Å². The summed E-state index contributed by atoms with van der Waals surface area (Å²) in [5.74, 6) is -0.898. The standard InChI is InChI=1S/C54H82N8O17/c55-20-18-35(64)50(70)61-33-25-34(62-54(71)73-29-32-15-8-3-9-16-32)46(77-52-40(58)45(69)43(67)37(75-52)27-60-21-10-17-30-11-4-1-5-12-30)48(41(33)65)79-53-49(72-24-23-59-22-19-31-13-6-2-7-14-31)47(38(28-63)76-53)78-51-39(57)44(68)42(66)36(26-56)74-51/h1-9,11-16,33-49,51-53,59-60,63-69H,10,17-29,55-58H2,(H,61,70)(H,62,71)/t33-,34+,35+,36+,37-,38-,39-,40-,41+,42-,43-,44-,45-,46-,47-,48-,49-,51-,52-,53+/m1/s1. The first kappa shape index (κ1) is 62.2. The highest BCUT2D eigenvalue weighted by atomic mass is 16.8. The van der Waals surface area contributed by atoms with E-state index >= 15 is 0 Å². The molecule has 3 heterocycles. The quantitative estimate of drug-likeness (QED) is 0.0309.